The van der Waals surface area contributed by atoms with E-state index in [0.717, 1.165) is 38.5 Å². The van der Waals surface area contributed by atoms with Gasteiger partial charge in [0, 0.05) is 23.7 Å². The predicted molar refractivity (Wildman–Crippen MR) is 94.7 cm³/mol. The zero-order valence-corrected chi connectivity index (χ0v) is 15.4. The highest BCUT2D eigenvalue weighted by Crippen LogP contribution is 2.67. The third kappa shape index (κ3) is 1.88. The van der Waals surface area contributed by atoms with Crippen molar-refractivity contribution in [3.63, 3.8) is 0 Å². The highest BCUT2D eigenvalue weighted by atomic mass is 16.6. The van der Waals surface area contributed by atoms with E-state index in [1.54, 1.807) is 5.57 Å². The second-order valence-electron chi connectivity index (χ2n) is 9.51. The van der Waals surface area contributed by atoms with Gasteiger partial charge in [0.15, 0.2) is 5.78 Å². The first-order valence-corrected chi connectivity index (χ1v) is 10.0. The quantitative estimate of drug-likeness (QED) is 0.481. The third-order valence-corrected chi connectivity index (χ3v) is 8.67. The van der Waals surface area contributed by atoms with E-state index in [1.807, 2.05) is 6.08 Å². The summed E-state index contributed by atoms with van der Waals surface area (Å²) in [5.41, 5.74) is 2.95. The fourth-order valence-corrected chi connectivity index (χ4v) is 7.14. The minimum atomic E-state index is -0.212. The zero-order valence-electron chi connectivity index (χ0n) is 15.4. The van der Waals surface area contributed by atoms with Gasteiger partial charge in [-0.25, -0.2) is 0 Å². The maximum absolute atomic E-state index is 11.9. The first-order valence-electron chi connectivity index (χ1n) is 10.0. The Bertz CT molecular complexity index is 732. The van der Waals surface area contributed by atoms with Gasteiger partial charge in [0.05, 0.1) is 0 Å². The standard InChI is InChI=1S/C22H28O3/c1-20-9-5-15(23)13-14(20)3-4-16-17(20)6-10-21(2)18(16)7-11-22(21)12-8-19(24)25-22/h6,13,16,18H,3-5,7-12H2,1-2H3/t16-,18?,20+,21+,22?/m1/s1. The van der Waals surface area contributed by atoms with Gasteiger partial charge >= 0.3 is 5.97 Å². The van der Waals surface area contributed by atoms with E-state index in [0.29, 0.717) is 30.5 Å². The Hall–Kier alpha value is -1.38. The van der Waals surface area contributed by atoms with Gasteiger partial charge in [-0.2, -0.15) is 0 Å². The number of allylic oxidation sites excluding steroid dienone is 4. The second-order valence-corrected chi connectivity index (χ2v) is 9.51. The molecule has 134 valence electrons. The molecular weight excluding hydrogens is 312 g/mol. The summed E-state index contributed by atoms with van der Waals surface area (Å²) in [6.07, 6.45) is 13.1. The molecule has 1 aliphatic heterocycles. The molecule has 0 aromatic rings. The molecule has 0 amide bonds. The van der Waals surface area contributed by atoms with Crippen molar-refractivity contribution in [1.29, 1.82) is 0 Å². The van der Waals surface area contributed by atoms with Gasteiger partial charge < -0.3 is 4.74 Å². The summed E-state index contributed by atoms with van der Waals surface area (Å²) >= 11 is 0. The fourth-order valence-electron chi connectivity index (χ4n) is 7.14. The smallest absolute Gasteiger partial charge is 0.306 e. The molecule has 25 heavy (non-hydrogen) atoms. The van der Waals surface area contributed by atoms with E-state index in [2.05, 4.69) is 19.9 Å². The molecule has 3 nitrogen and oxygen atoms in total. The van der Waals surface area contributed by atoms with Crippen LogP contribution in [0.5, 0.6) is 0 Å². The molecule has 3 fully saturated rings. The molecule has 2 saturated carbocycles. The number of carbonyl (C=O) groups excluding carboxylic acids is 2. The lowest BCUT2D eigenvalue weighted by atomic mass is 9.50. The summed E-state index contributed by atoms with van der Waals surface area (Å²) in [4.78, 5) is 23.8. The van der Waals surface area contributed by atoms with Gasteiger partial charge in [0.25, 0.3) is 0 Å². The normalized spacial score (nSPS) is 48.4. The van der Waals surface area contributed by atoms with Gasteiger partial charge in [0.1, 0.15) is 5.60 Å². The first-order chi connectivity index (χ1) is 11.9. The Morgan fingerprint density at radius 2 is 1.88 bits per heavy atom. The molecule has 3 heteroatoms. The topological polar surface area (TPSA) is 43.4 Å². The molecule has 0 aromatic heterocycles. The first kappa shape index (κ1) is 15.8. The number of rotatable bonds is 0. The van der Waals surface area contributed by atoms with Crippen molar-refractivity contribution in [2.24, 2.45) is 22.7 Å². The van der Waals surface area contributed by atoms with Crippen molar-refractivity contribution in [3.8, 4) is 0 Å². The lowest BCUT2D eigenvalue weighted by molar-refractivity contribution is -0.160. The van der Waals surface area contributed by atoms with Crippen molar-refractivity contribution in [1.82, 2.24) is 0 Å². The van der Waals surface area contributed by atoms with Gasteiger partial charge in [-0.3, -0.25) is 9.59 Å². The lowest BCUT2D eigenvalue weighted by Gasteiger charge is -2.54. The molecule has 0 bridgehead atoms. The molecule has 1 saturated heterocycles. The molecule has 5 aliphatic rings. The fraction of sp³-hybridized carbons (Fsp3) is 0.727. The minimum Gasteiger partial charge on any atom is -0.458 e. The number of ether oxygens (including phenoxy) is 1. The van der Waals surface area contributed by atoms with Crippen LogP contribution in [0.25, 0.3) is 0 Å². The number of hydrogen-bond acceptors (Lipinski definition) is 3. The van der Waals surface area contributed by atoms with Crippen LogP contribution in [-0.2, 0) is 14.3 Å². The van der Waals surface area contributed by atoms with Crippen LogP contribution in [0.3, 0.4) is 0 Å². The van der Waals surface area contributed by atoms with E-state index < -0.39 is 0 Å². The molecule has 0 aromatic carbocycles. The zero-order chi connectivity index (χ0) is 17.4. The minimum absolute atomic E-state index is 0.00303. The summed E-state index contributed by atoms with van der Waals surface area (Å²) in [6.45, 7) is 4.75. The third-order valence-electron chi connectivity index (χ3n) is 8.67. The van der Waals surface area contributed by atoms with Crippen LogP contribution in [0.15, 0.2) is 23.3 Å². The Labute approximate surface area is 149 Å². The summed E-state index contributed by atoms with van der Waals surface area (Å²) in [5.74, 6) is 1.54. The van der Waals surface area contributed by atoms with Crippen molar-refractivity contribution in [2.45, 2.75) is 77.2 Å². The number of hydrogen-bond donors (Lipinski definition) is 0. The highest BCUT2D eigenvalue weighted by Gasteiger charge is 2.65. The Morgan fingerprint density at radius 3 is 2.64 bits per heavy atom. The average Bonchev–Trinajstić information content (AvgIpc) is 3.10. The van der Waals surface area contributed by atoms with E-state index in [9.17, 15) is 9.59 Å². The molecule has 0 radical (unpaired) electrons. The number of esters is 1. The molecule has 5 atom stereocenters. The molecule has 4 aliphatic carbocycles. The summed E-state index contributed by atoms with van der Waals surface area (Å²) in [7, 11) is 0. The van der Waals surface area contributed by atoms with Crippen LogP contribution in [-0.4, -0.2) is 17.4 Å². The molecule has 0 N–H and O–H groups in total. The SMILES string of the molecule is C[C@]12CCC(=O)C=C1CC[C@@H]1C2=CC[C@@]2(C)C1CCC21CCC(=O)O1. The highest BCUT2D eigenvalue weighted by molar-refractivity contribution is 5.92. The summed E-state index contributed by atoms with van der Waals surface area (Å²) in [5, 5.41) is 0. The molecule has 2 unspecified atom stereocenters. The summed E-state index contributed by atoms with van der Waals surface area (Å²) < 4.78 is 5.98. The number of ketones is 1. The maximum atomic E-state index is 11.9. The van der Waals surface area contributed by atoms with Crippen molar-refractivity contribution < 1.29 is 14.3 Å². The van der Waals surface area contributed by atoms with Crippen LogP contribution in [0, 0.1) is 22.7 Å². The largest absolute Gasteiger partial charge is 0.458 e. The van der Waals surface area contributed by atoms with E-state index in [4.69, 9.17) is 4.74 Å². The van der Waals surface area contributed by atoms with E-state index in [-0.39, 0.29) is 22.4 Å². The van der Waals surface area contributed by atoms with Gasteiger partial charge in [-0.15, -0.1) is 0 Å². The second kappa shape index (κ2) is 4.86. The van der Waals surface area contributed by atoms with E-state index >= 15 is 0 Å². The predicted octanol–water partition coefficient (Wildman–Crippen LogP) is 4.51. The number of fused-ring (bicyclic) bond motifs is 6. The van der Waals surface area contributed by atoms with Crippen molar-refractivity contribution in [3.05, 3.63) is 23.3 Å². The van der Waals surface area contributed by atoms with Crippen LogP contribution < -0.4 is 0 Å². The van der Waals surface area contributed by atoms with Crippen LogP contribution >= 0.6 is 0 Å². The molecule has 1 heterocycles. The Balaban J connectivity index is 1.55. The Morgan fingerprint density at radius 1 is 1.04 bits per heavy atom. The average molecular weight is 340 g/mol. The Kier molecular flexibility index (Phi) is 3.08. The van der Waals surface area contributed by atoms with Gasteiger partial charge in [0.2, 0.25) is 0 Å². The van der Waals surface area contributed by atoms with Crippen LogP contribution in [0.2, 0.25) is 0 Å². The van der Waals surface area contributed by atoms with E-state index in [1.165, 1.54) is 12.0 Å². The molecule has 1 spiro atoms. The van der Waals surface area contributed by atoms with Crippen LogP contribution in [0.1, 0.15) is 71.6 Å². The van der Waals surface area contributed by atoms with Crippen molar-refractivity contribution in [2.75, 3.05) is 0 Å². The molecular formula is C22H28O3. The lowest BCUT2D eigenvalue weighted by Crippen LogP contribution is -2.50. The van der Waals surface area contributed by atoms with Crippen LogP contribution in [0.4, 0.5) is 0 Å². The monoisotopic (exact) mass is 340 g/mol. The molecule has 5 rings (SSSR count). The van der Waals surface area contributed by atoms with Crippen molar-refractivity contribution >= 4 is 11.8 Å². The maximum Gasteiger partial charge on any atom is 0.306 e. The number of carbonyl (C=O) groups is 2. The van der Waals surface area contributed by atoms with Gasteiger partial charge in [-0.1, -0.05) is 31.1 Å². The summed E-state index contributed by atoms with van der Waals surface area (Å²) in [6, 6.07) is 0. The van der Waals surface area contributed by atoms with Gasteiger partial charge in [-0.05, 0) is 62.9 Å².